The monoisotopic (exact) mass is 370 g/mol. The van der Waals surface area contributed by atoms with Gasteiger partial charge in [0, 0.05) is 31.1 Å². The molecule has 7 heteroatoms. The zero-order chi connectivity index (χ0) is 19.1. The van der Waals surface area contributed by atoms with Crippen molar-refractivity contribution in [2.24, 2.45) is 0 Å². The van der Waals surface area contributed by atoms with Gasteiger partial charge in [0.05, 0.1) is 7.11 Å². The number of ether oxygens (including phenoxy) is 3. The number of hydrogen-bond acceptors (Lipinski definition) is 5. The number of fused-ring (bicyclic) bond motifs is 1. The van der Waals surface area contributed by atoms with E-state index < -0.39 is 0 Å². The Labute approximate surface area is 157 Å². The second kappa shape index (κ2) is 8.93. The predicted molar refractivity (Wildman–Crippen MR) is 100 cm³/mol. The number of benzene rings is 2. The average molecular weight is 370 g/mol. The average Bonchev–Trinajstić information content (AvgIpc) is 3.14. The standard InChI is InChI=1S/C20H22N2O5/c1-25-16-6-2-14(3-7-16)4-9-19(23)21-11-10-20(24)22-15-5-8-17-18(12-15)27-13-26-17/h2-3,5-8,12H,4,9-11,13H2,1H3,(H,21,23)(H,22,24). The van der Waals surface area contributed by atoms with E-state index in [1.807, 2.05) is 24.3 Å². The van der Waals surface area contributed by atoms with Gasteiger partial charge in [-0.25, -0.2) is 0 Å². The largest absolute Gasteiger partial charge is 0.497 e. The van der Waals surface area contributed by atoms with Gasteiger partial charge in [0.15, 0.2) is 11.5 Å². The Balaban J connectivity index is 1.34. The van der Waals surface area contributed by atoms with Crippen molar-refractivity contribution in [2.75, 3.05) is 25.8 Å². The fourth-order valence-electron chi connectivity index (χ4n) is 2.65. The van der Waals surface area contributed by atoms with Crippen LogP contribution in [0.1, 0.15) is 18.4 Å². The van der Waals surface area contributed by atoms with Gasteiger partial charge in [-0.15, -0.1) is 0 Å². The number of carbonyl (C=O) groups excluding carboxylic acids is 2. The minimum absolute atomic E-state index is 0.0818. The molecule has 2 aromatic carbocycles. The van der Waals surface area contributed by atoms with Crippen molar-refractivity contribution in [1.29, 1.82) is 0 Å². The van der Waals surface area contributed by atoms with Gasteiger partial charge < -0.3 is 24.8 Å². The first kappa shape index (κ1) is 18.6. The van der Waals surface area contributed by atoms with Crippen molar-refractivity contribution >= 4 is 17.5 Å². The Kier molecular flexibility index (Phi) is 6.14. The van der Waals surface area contributed by atoms with Crippen LogP contribution < -0.4 is 24.8 Å². The zero-order valence-corrected chi connectivity index (χ0v) is 15.1. The molecule has 0 fully saturated rings. The highest BCUT2D eigenvalue weighted by Gasteiger charge is 2.14. The molecule has 1 heterocycles. The second-order valence-electron chi connectivity index (χ2n) is 6.06. The molecular formula is C20H22N2O5. The molecule has 7 nitrogen and oxygen atoms in total. The van der Waals surface area contributed by atoms with Gasteiger partial charge in [-0.3, -0.25) is 9.59 Å². The summed E-state index contributed by atoms with van der Waals surface area (Å²) >= 11 is 0. The Hall–Kier alpha value is -3.22. The van der Waals surface area contributed by atoms with Gasteiger partial charge in [0.25, 0.3) is 0 Å². The SMILES string of the molecule is COc1ccc(CCC(=O)NCCC(=O)Nc2ccc3c(c2)OCO3)cc1. The van der Waals surface area contributed by atoms with E-state index in [0.29, 0.717) is 30.0 Å². The number of carbonyl (C=O) groups is 2. The lowest BCUT2D eigenvalue weighted by molar-refractivity contribution is -0.121. The third kappa shape index (κ3) is 5.37. The van der Waals surface area contributed by atoms with Gasteiger partial charge in [-0.05, 0) is 36.2 Å². The van der Waals surface area contributed by atoms with Crippen LogP contribution in [0.4, 0.5) is 5.69 Å². The first-order valence-electron chi connectivity index (χ1n) is 8.73. The highest BCUT2D eigenvalue weighted by atomic mass is 16.7. The summed E-state index contributed by atoms with van der Waals surface area (Å²) in [7, 11) is 1.62. The molecule has 0 unspecified atom stereocenters. The first-order valence-corrected chi connectivity index (χ1v) is 8.73. The lowest BCUT2D eigenvalue weighted by atomic mass is 10.1. The molecule has 27 heavy (non-hydrogen) atoms. The maximum atomic E-state index is 12.0. The number of methoxy groups -OCH3 is 1. The topological polar surface area (TPSA) is 85.9 Å². The third-order valence-electron chi connectivity index (χ3n) is 4.13. The fourth-order valence-corrected chi connectivity index (χ4v) is 2.65. The Bertz CT molecular complexity index is 805. The van der Waals surface area contributed by atoms with Crippen molar-refractivity contribution in [2.45, 2.75) is 19.3 Å². The molecule has 0 radical (unpaired) electrons. The van der Waals surface area contributed by atoms with E-state index in [2.05, 4.69) is 10.6 Å². The third-order valence-corrected chi connectivity index (χ3v) is 4.13. The van der Waals surface area contributed by atoms with Crippen LogP contribution in [-0.2, 0) is 16.0 Å². The smallest absolute Gasteiger partial charge is 0.231 e. The van der Waals surface area contributed by atoms with Gasteiger partial charge >= 0.3 is 0 Å². The van der Waals surface area contributed by atoms with E-state index >= 15 is 0 Å². The van der Waals surface area contributed by atoms with Crippen LogP contribution in [-0.4, -0.2) is 32.3 Å². The van der Waals surface area contributed by atoms with Crippen LogP contribution in [0.3, 0.4) is 0 Å². The van der Waals surface area contributed by atoms with Crippen LogP contribution in [0.2, 0.25) is 0 Å². The van der Waals surface area contributed by atoms with Gasteiger partial charge in [0.2, 0.25) is 18.6 Å². The first-order chi connectivity index (χ1) is 13.1. The molecule has 0 saturated heterocycles. The number of hydrogen-bond donors (Lipinski definition) is 2. The van der Waals surface area contributed by atoms with Crippen molar-refractivity contribution in [3.8, 4) is 17.2 Å². The van der Waals surface area contributed by atoms with Crippen molar-refractivity contribution in [1.82, 2.24) is 5.32 Å². The molecule has 0 spiro atoms. The van der Waals surface area contributed by atoms with Crippen LogP contribution in [0.5, 0.6) is 17.2 Å². The molecule has 3 rings (SSSR count). The van der Waals surface area contributed by atoms with E-state index in [1.165, 1.54) is 0 Å². The summed E-state index contributed by atoms with van der Waals surface area (Å²) in [6.45, 7) is 0.479. The lowest BCUT2D eigenvalue weighted by Crippen LogP contribution is -2.27. The summed E-state index contributed by atoms with van der Waals surface area (Å²) in [6.07, 6.45) is 1.21. The number of rotatable bonds is 8. The highest BCUT2D eigenvalue weighted by molar-refractivity contribution is 5.91. The summed E-state index contributed by atoms with van der Waals surface area (Å²) in [6, 6.07) is 12.8. The van der Waals surface area contributed by atoms with Crippen LogP contribution in [0.15, 0.2) is 42.5 Å². The van der Waals surface area contributed by atoms with Crippen molar-refractivity contribution < 1.29 is 23.8 Å². The minimum atomic E-state index is -0.177. The molecule has 1 aliphatic heterocycles. The van der Waals surface area contributed by atoms with Crippen LogP contribution >= 0.6 is 0 Å². The van der Waals surface area contributed by atoms with Crippen LogP contribution in [0.25, 0.3) is 0 Å². The van der Waals surface area contributed by atoms with E-state index in [0.717, 1.165) is 11.3 Å². The van der Waals surface area contributed by atoms with E-state index in [1.54, 1.807) is 25.3 Å². The van der Waals surface area contributed by atoms with Crippen molar-refractivity contribution in [3.05, 3.63) is 48.0 Å². The molecule has 142 valence electrons. The molecule has 0 bridgehead atoms. The predicted octanol–water partition coefficient (Wildman–Crippen LogP) is 2.50. The van der Waals surface area contributed by atoms with E-state index in [4.69, 9.17) is 14.2 Å². The maximum absolute atomic E-state index is 12.0. The molecule has 0 atom stereocenters. The minimum Gasteiger partial charge on any atom is -0.497 e. The van der Waals surface area contributed by atoms with Gasteiger partial charge in [-0.1, -0.05) is 12.1 Å². The molecule has 2 aromatic rings. The highest BCUT2D eigenvalue weighted by Crippen LogP contribution is 2.34. The molecule has 0 saturated carbocycles. The quantitative estimate of drug-likeness (QED) is 0.746. The zero-order valence-electron chi connectivity index (χ0n) is 15.1. The molecule has 2 amide bonds. The summed E-state index contributed by atoms with van der Waals surface area (Å²) in [5.74, 6) is 1.81. The summed E-state index contributed by atoms with van der Waals surface area (Å²) in [4.78, 5) is 23.9. The van der Waals surface area contributed by atoms with E-state index in [9.17, 15) is 9.59 Å². The lowest BCUT2D eigenvalue weighted by Gasteiger charge is -2.08. The number of anilines is 1. The van der Waals surface area contributed by atoms with Gasteiger partial charge in [0.1, 0.15) is 5.75 Å². The Morgan fingerprint density at radius 1 is 1.00 bits per heavy atom. The normalized spacial score (nSPS) is 11.7. The second-order valence-corrected chi connectivity index (χ2v) is 6.06. The number of amides is 2. The maximum Gasteiger partial charge on any atom is 0.231 e. The summed E-state index contributed by atoms with van der Waals surface area (Å²) < 4.78 is 15.6. The Morgan fingerprint density at radius 2 is 1.78 bits per heavy atom. The van der Waals surface area contributed by atoms with Crippen molar-refractivity contribution in [3.63, 3.8) is 0 Å². The number of aryl methyl sites for hydroxylation is 1. The van der Waals surface area contributed by atoms with Crippen LogP contribution in [0, 0.1) is 0 Å². The Morgan fingerprint density at radius 3 is 2.56 bits per heavy atom. The molecular weight excluding hydrogens is 348 g/mol. The molecule has 0 aromatic heterocycles. The van der Waals surface area contributed by atoms with E-state index in [-0.39, 0.29) is 31.6 Å². The fraction of sp³-hybridized carbons (Fsp3) is 0.300. The summed E-state index contributed by atoms with van der Waals surface area (Å²) in [5.41, 5.74) is 1.70. The summed E-state index contributed by atoms with van der Waals surface area (Å²) in [5, 5.41) is 5.54. The molecule has 2 N–H and O–H groups in total. The van der Waals surface area contributed by atoms with Gasteiger partial charge in [-0.2, -0.15) is 0 Å². The molecule has 1 aliphatic rings. The molecule has 0 aliphatic carbocycles. The number of nitrogens with one attached hydrogen (secondary N) is 2.